The van der Waals surface area contributed by atoms with Gasteiger partial charge in [0.15, 0.2) is 0 Å². The first-order valence-corrected chi connectivity index (χ1v) is 6.45. The molecule has 0 aromatic heterocycles. The molecule has 0 amide bonds. The van der Waals surface area contributed by atoms with Crippen LogP contribution in [0.4, 0.5) is 0 Å². The molecule has 2 aliphatic heterocycles. The summed E-state index contributed by atoms with van der Waals surface area (Å²) in [6.07, 6.45) is 0. The predicted octanol–water partition coefficient (Wildman–Crippen LogP) is 1.46. The summed E-state index contributed by atoms with van der Waals surface area (Å²) in [5, 5.41) is 0. The van der Waals surface area contributed by atoms with E-state index in [1.165, 1.54) is 0 Å². The minimum Gasteiger partial charge on any atom is -0.473 e. The maximum Gasteiger partial charge on any atom is 0.301 e. The molecule has 2 aliphatic rings. The molecule has 0 unspecified atom stereocenters. The van der Waals surface area contributed by atoms with Crippen LogP contribution in [-0.4, -0.2) is 42.9 Å². The average Bonchev–Trinajstić information content (AvgIpc) is 2.97. The predicted molar refractivity (Wildman–Crippen MR) is 69.0 cm³/mol. The van der Waals surface area contributed by atoms with Crippen LogP contribution < -0.4 is 0 Å². The highest BCUT2D eigenvalue weighted by Crippen LogP contribution is 2.17. The van der Waals surface area contributed by atoms with E-state index in [0.717, 1.165) is 0 Å². The second-order valence-electron chi connectivity index (χ2n) is 5.44. The number of ketones is 1. The topological polar surface area (TPSA) is 60.2 Å². The van der Waals surface area contributed by atoms with Crippen LogP contribution in [0, 0.1) is 11.8 Å². The Balaban J connectivity index is 2.05. The van der Waals surface area contributed by atoms with Crippen molar-refractivity contribution in [2.24, 2.45) is 21.8 Å². The molecule has 2 heterocycles. The summed E-state index contributed by atoms with van der Waals surface area (Å²) in [5.74, 6) is 0.713. The van der Waals surface area contributed by atoms with Crippen molar-refractivity contribution in [2.75, 3.05) is 13.2 Å². The molecular formula is C13H20N2O3. The van der Waals surface area contributed by atoms with Crippen LogP contribution in [0.1, 0.15) is 27.7 Å². The van der Waals surface area contributed by atoms with Gasteiger partial charge in [-0.1, -0.05) is 27.7 Å². The summed E-state index contributed by atoms with van der Waals surface area (Å²) in [4.78, 5) is 20.6. The van der Waals surface area contributed by atoms with Crippen LogP contribution in [0.3, 0.4) is 0 Å². The number of carbonyl (C=O) groups is 1. The molecule has 2 rings (SSSR count). The van der Waals surface area contributed by atoms with E-state index in [0.29, 0.717) is 25.0 Å². The Labute approximate surface area is 107 Å². The van der Waals surface area contributed by atoms with Crippen molar-refractivity contribution in [3.63, 3.8) is 0 Å². The summed E-state index contributed by atoms with van der Waals surface area (Å²) in [7, 11) is 0. The van der Waals surface area contributed by atoms with Crippen molar-refractivity contribution in [3.05, 3.63) is 0 Å². The number of hydrogen-bond acceptors (Lipinski definition) is 5. The summed E-state index contributed by atoms with van der Waals surface area (Å²) < 4.78 is 10.7. The van der Waals surface area contributed by atoms with E-state index < -0.39 is 0 Å². The molecule has 100 valence electrons. The molecule has 5 nitrogen and oxygen atoms in total. The fourth-order valence-electron chi connectivity index (χ4n) is 1.80. The van der Waals surface area contributed by atoms with Crippen molar-refractivity contribution in [1.29, 1.82) is 0 Å². The fourth-order valence-corrected chi connectivity index (χ4v) is 1.80. The van der Waals surface area contributed by atoms with Gasteiger partial charge in [-0.25, -0.2) is 9.98 Å². The Kier molecular flexibility index (Phi) is 3.68. The molecule has 0 saturated carbocycles. The van der Waals surface area contributed by atoms with Crippen molar-refractivity contribution in [3.8, 4) is 0 Å². The summed E-state index contributed by atoms with van der Waals surface area (Å²) in [6.45, 7) is 9.18. The Bertz CT molecular complexity index is 363. The van der Waals surface area contributed by atoms with Crippen LogP contribution in [0.2, 0.25) is 0 Å². The highest BCUT2D eigenvalue weighted by Gasteiger charge is 2.33. The smallest absolute Gasteiger partial charge is 0.301 e. The Morgan fingerprint density at radius 1 is 1.00 bits per heavy atom. The number of ether oxygens (including phenoxy) is 2. The number of Topliss-reactive ketones (excluding diaryl/α,β-unsaturated/α-hetero) is 1. The normalized spacial score (nSPS) is 27.0. The third kappa shape index (κ3) is 2.54. The highest BCUT2D eigenvalue weighted by atomic mass is 16.5. The number of carbonyl (C=O) groups excluding carboxylic acids is 1. The van der Waals surface area contributed by atoms with Gasteiger partial charge >= 0.3 is 5.78 Å². The molecule has 0 aromatic carbocycles. The molecule has 0 radical (unpaired) electrons. The van der Waals surface area contributed by atoms with Gasteiger partial charge in [-0.15, -0.1) is 0 Å². The standard InChI is InChI=1S/C13H20N2O3/c1-7(2)9-5-17-12(14-9)11(16)13-15-10(6-18-13)8(3)4/h7-10H,5-6H2,1-4H3/t9-,10-/m0/s1. The number of rotatable bonds is 4. The first kappa shape index (κ1) is 13.1. The molecule has 0 aromatic rings. The van der Waals surface area contributed by atoms with Crippen molar-refractivity contribution < 1.29 is 14.3 Å². The van der Waals surface area contributed by atoms with E-state index in [4.69, 9.17) is 9.47 Å². The third-order valence-corrected chi connectivity index (χ3v) is 3.28. The molecule has 2 atom stereocenters. The van der Waals surface area contributed by atoms with Gasteiger partial charge in [-0.2, -0.15) is 0 Å². The molecule has 5 heteroatoms. The Morgan fingerprint density at radius 2 is 1.39 bits per heavy atom. The quantitative estimate of drug-likeness (QED) is 0.761. The van der Waals surface area contributed by atoms with Gasteiger partial charge in [0.1, 0.15) is 13.2 Å². The van der Waals surface area contributed by atoms with Crippen LogP contribution in [-0.2, 0) is 14.3 Å². The van der Waals surface area contributed by atoms with Gasteiger partial charge in [0, 0.05) is 0 Å². The van der Waals surface area contributed by atoms with Crippen LogP contribution in [0.15, 0.2) is 9.98 Å². The van der Waals surface area contributed by atoms with E-state index in [9.17, 15) is 4.79 Å². The second-order valence-corrected chi connectivity index (χ2v) is 5.44. The number of nitrogens with zero attached hydrogens (tertiary/aromatic N) is 2. The zero-order valence-corrected chi connectivity index (χ0v) is 11.3. The number of hydrogen-bond donors (Lipinski definition) is 0. The second kappa shape index (κ2) is 5.08. The maximum atomic E-state index is 12.1. The van der Waals surface area contributed by atoms with Gasteiger partial charge in [-0.3, -0.25) is 4.79 Å². The molecular weight excluding hydrogens is 232 g/mol. The van der Waals surface area contributed by atoms with E-state index in [1.54, 1.807) is 0 Å². The van der Waals surface area contributed by atoms with E-state index in [2.05, 4.69) is 37.7 Å². The van der Waals surface area contributed by atoms with Gasteiger partial charge in [0.05, 0.1) is 12.1 Å². The summed E-state index contributed by atoms with van der Waals surface area (Å²) >= 11 is 0. The molecule has 18 heavy (non-hydrogen) atoms. The SMILES string of the molecule is CC(C)[C@@H]1COC(C(=O)C2=N[C@H](C(C)C)CO2)=N1. The molecule has 0 saturated heterocycles. The van der Waals surface area contributed by atoms with Gasteiger partial charge in [0.25, 0.3) is 11.8 Å². The zero-order valence-electron chi connectivity index (χ0n) is 11.3. The third-order valence-electron chi connectivity index (χ3n) is 3.28. The fraction of sp³-hybridized carbons (Fsp3) is 0.769. The highest BCUT2D eigenvalue weighted by molar-refractivity contribution is 6.63. The average molecular weight is 252 g/mol. The lowest BCUT2D eigenvalue weighted by Gasteiger charge is -2.06. The Morgan fingerprint density at radius 3 is 1.67 bits per heavy atom. The Hall–Kier alpha value is -1.39. The first-order chi connectivity index (χ1) is 8.49. The first-order valence-electron chi connectivity index (χ1n) is 6.45. The monoisotopic (exact) mass is 252 g/mol. The molecule has 0 spiro atoms. The number of aliphatic imine (C=N–C) groups is 2. The van der Waals surface area contributed by atoms with E-state index >= 15 is 0 Å². The lowest BCUT2D eigenvalue weighted by atomic mass is 10.1. The minimum atomic E-state index is -0.318. The van der Waals surface area contributed by atoms with Gasteiger partial charge in [0.2, 0.25) is 0 Å². The molecule has 0 bridgehead atoms. The molecule has 0 aliphatic carbocycles. The van der Waals surface area contributed by atoms with Crippen LogP contribution in [0.5, 0.6) is 0 Å². The largest absolute Gasteiger partial charge is 0.473 e. The molecule has 0 fully saturated rings. The van der Waals surface area contributed by atoms with Gasteiger partial charge in [-0.05, 0) is 11.8 Å². The van der Waals surface area contributed by atoms with Crippen molar-refractivity contribution in [1.82, 2.24) is 0 Å². The zero-order chi connectivity index (χ0) is 13.3. The maximum absolute atomic E-state index is 12.1. The van der Waals surface area contributed by atoms with E-state index in [1.807, 2.05) is 0 Å². The van der Waals surface area contributed by atoms with E-state index in [-0.39, 0.29) is 29.7 Å². The molecule has 0 N–H and O–H groups in total. The minimum absolute atomic E-state index is 0.0619. The van der Waals surface area contributed by atoms with Crippen LogP contribution in [0.25, 0.3) is 0 Å². The van der Waals surface area contributed by atoms with Crippen molar-refractivity contribution in [2.45, 2.75) is 39.8 Å². The van der Waals surface area contributed by atoms with Gasteiger partial charge < -0.3 is 9.47 Å². The summed E-state index contributed by atoms with van der Waals surface area (Å²) in [6, 6.07) is 0.124. The van der Waals surface area contributed by atoms with Crippen LogP contribution >= 0.6 is 0 Å². The lowest BCUT2D eigenvalue weighted by molar-refractivity contribution is -0.109. The van der Waals surface area contributed by atoms with Crippen molar-refractivity contribution >= 4 is 17.6 Å². The lowest BCUT2D eigenvalue weighted by Crippen LogP contribution is -2.24. The summed E-state index contributed by atoms with van der Waals surface area (Å²) in [5.41, 5.74) is 0.